The summed E-state index contributed by atoms with van der Waals surface area (Å²) in [7, 11) is 0. The summed E-state index contributed by atoms with van der Waals surface area (Å²) in [6.45, 7) is 0.606. The first-order valence-corrected chi connectivity index (χ1v) is 11.7. The average Bonchev–Trinajstić information content (AvgIpc) is 3.31. The van der Waals surface area contributed by atoms with E-state index in [-0.39, 0.29) is 36.2 Å². The molecular weight excluding hydrogens is 451 g/mol. The second kappa shape index (κ2) is 9.60. The van der Waals surface area contributed by atoms with E-state index < -0.39 is 17.9 Å². The van der Waals surface area contributed by atoms with Gasteiger partial charge in [0.25, 0.3) is 5.91 Å². The molecule has 0 radical (unpaired) electrons. The number of benzene rings is 1. The van der Waals surface area contributed by atoms with Gasteiger partial charge in [0, 0.05) is 35.9 Å². The van der Waals surface area contributed by atoms with Crippen molar-refractivity contribution in [2.24, 2.45) is 22.7 Å². The van der Waals surface area contributed by atoms with E-state index in [0.717, 1.165) is 12.8 Å². The van der Waals surface area contributed by atoms with Crippen molar-refractivity contribution < 1.29 is 14.4 Å². The van der Waals surface area contributed by atoms with Gasteiger partial charge in [-0.1, -0.05) is 36.0 Å². The van der Waals surface area contributed by atoms with Crippen LogP contribution in [0, 0.1) is 29.1 Å². The predicted molar refractivity (Wildman–Crippen MR) is 121 cm³/mol. The van der Waals surface area contributed by atoms with E-state index in [2.05, 4.69) is 21.7 Å². The monoisotopic (exact) mass is 474 g/mol. The number of rotatable bonds is 9. The molecule has 3 aliphatic rings. The molecule has 2 heterocycles. The molecular formula is C23H24Cl2N4O3. The maximum Gasteiger partial charge on any atom is 0.266 e. The zero-order valence-electron chi connectivity index (χ0n) is 17.5. The van der Waals surface area contributed by atoms with Gasteiger partial charge in [-0.05, 0) is 37.3 Å². The van der Waals surface area contributed by atoms with Crippen LogP contribution in [0.3, 0.4) is 0 Å². The number of aliphatic imine (C=N–C) groups is 1. The van der Waals surface area contributed by atoms with Crippen LogP contribution in [0.4, 0.5) is 5.69 Å². The number of nitrogens with zero attached hydrogens (tertiary/aromatic N) is 2. The number of carbonyl (C=O) groups excluding carboxylic acids is 3. The average molecular weight is 475 g/mol. The van der Waals surface area contributed by atoms with Crippen molar-refractivity contribution in [1.82, 2.24) is 10.6 Å². The molecule has 2 aliphatic heterocycles. The summed E-state index contributed by atoms with van der Waals surface area (Å²) in [6, 6.07) is 4.80. The molecule has 9 heteroatoms. The van der Waals surface area contributed by atoms with Gasteiger partial charge in [-0.15, -0.1) is 0 Å². The lowest BCUT2D eigenvalue weighted by molar-refractivity contribution is -0.126. The Kier molecular flexibility index (Phi) is 6.82. The number of ketones is 1. The molecule has 0 bridgehead atoms. The molecule has 1 saturated carbocycles. The van der Waals surface area contributed by atoms with Crippen LogP contribution >= 0.6 is 23.2 Å². The normalized spacial score (nSPS) is 21.2. The first kappa shape index (κ1) is 22.8. The topological polar surface area (TPSA) is 111 Å². The van der Waals surface area contributed by atoms with Gasteiger partial charge in [0.05, 0.1) is 28.7 Å². The van der Waals surface area contributed by atoms with Gasteiger partial charge in [0.1, 0.15) is 5.71 Å². The highest BCUT2D eigenvalue weighted by atomic mass is 35.5. The Morgan fingerprint density at radius 2 is 1.97 bits per heavy atom. The molecule has 168 valence electrons. The van der Waals surface area contributed by atoms with Gasteiger partial charge >= 0.3 is 0 Å². The third-order valence-corrected chi connectivity index (χ3v) is 7.01. The van der Waals surface area contributed by atoms with E-state index in [4.69, 9.17) is 23.2 Å². The van der Waals surface area contributed by atoms with E-state index in [1.165, 1.54) is 0 Å². The van der Waals surface area contributed by atoms with E-state index >= 15 is 0 Å². The third kappa shape index (κ3) is 5.13. The quantitative estimate of drug-likeness (QED) is 0.569. The van der Waals surface area contributed by atoms with Crippen LogP contribution in [0.25, 0.3) is 0 Å². The summed E-state index contributed by atoms with van der Waals surface area (Å²) < 4.78 is 0. The zero-order valence-corrected chi connectivity index (χ0v) is 19.0. The fraction of sp³-hybridized carbons (Fsp3) is 0.522. The Morgan fingerprint density at radius 3 is 2.59 bits per heavy atom. The van der Waals surface area contributed by atoms with Crippen molar-refractivity contribution in [3.8, 4) is 6.07 Å². The molecule has 1 aromatic rings. The first-order valence-electron chi connectivity index (χ1n) is 10.9. The van der Waals surface area contributed by atoms with Gasteiger partial charge in [-0.25, -0.2) is 4.99 Å². The molecule has 1 aliphatic carbocycles. The van der Waals surface area contributed by atoms with Crippen molar-refractivity contribution in [3.05, 3.63) is 27.7 Å². The Labute approximate surface area is 196 Å². The molecule has 4 rings (SSSR count). The van der Waals surface area contributed by atoms with Gasteiger partial charge in [-0.2, -0.15) is 5.26 Å². The summed E-state index contributed by atoms with van der Waals surface area (Å²) >= 11 is 12.4. The molecule has 1 aromatic carbocycles. The van der Waals surface area contributed by atoms with Crippen LogP contribution in [0.15, 0.2) is 17.1 Å². The van der Waals surface area contributed by atoms with Crippen LogP contribution in [0.5, 0.6) is 0 Å². The molecule has 3 atom stereocenters. The largest absolute Gasteiger partial charge is 0.356 e. The minimum absolute atomic E-state index is 0.0162. The fourth-order valence-electron chi connectivity index (χ4n) is 4.32. The van der Waals surface area contributed by atoms with Crippen LogP contribution in [0.2, 0.25) is 10.0 Å². The summed E-state index contributed by atoms with van der Waals surface area (Å²) in [6.07, 6.45) is 3.91. The molecule has 2 amide bonds. The maximum absolute atomic E-state index is 13.1. The molecule has 0 spiro atoms. The lowest BCUT2D eigenvalue weighted by atomic mass is 9.88. The van der Waals surface area contributed by atoms with E-state index in [0.29, 0.717) is 53.0 Å². The van der Waals surface area contributed by atoms with Gasteiger partial charge in [0.15, 0.2) is 5.78 Å². The number of halogens is 2. The van der Waals surface area contributed by atoms with Crippen LogP contribution in [0.1, 0.15) is 44.1 Å². The SMILES string of the molecule is N#CC(CC(=O)C(CC1CC1)NC(=O)C1=Nc2c(Cl)ccc(Cl)c2C1)CC1CCNC1=O. The minimum atomic E-state index is -0.680. The molecule has 0 aromatic heterocycles. The number of hydrogen-bond acceptors (Lipinski definition) is 5. The van der Waals surface area contributed by atoms with Crippen molar-refractivity contribution in [2.75, 3.05) is 6.54 Å². The highest BCUT2D eigenvalue weighted by Gasteiger charge is 2.34. The lowest BCUT2D eigenvalue weighted by Crippen LogP contribution is -2.45. The summed E-state index contributed by atoms with van der Waals surface area (Å²) in [5.41, 5.74) is 1.46. The third-order valence-electron chi connectivity index (χ3n) is 6.35. The number of nitriles is 1. The number of carbonyl (C=O) groups is 3. The summed E-state index contributed by atoms with van der Waals surface area (Å²) in [5.74, 6) is -1.04. The van der Waals surface area contributed by atoms with Crippen LogP contribution in [-0.4, -0.2) is 35.9 Å². The number of nitrogens with one attached hydrogen (secondary N) is 2. The second-order valence-electron chi connectivity index (χ2n) is 8.81. The predicted octanol–water partition coefficient (Wildman–Crippen LogP) is 3.53. The molecule has 2 fully saturated rings. The Bertz CT molecular complexity index is 1030. The maximum atomic E-state index is 13.1. The minimum Gasteiger partial charge on any atom is -0.356 e. The Morgan fingerprint density at radius 1 is 1.22 bits per heavy atom. The van der Waals surface area contributed by atoms with E-state index in [1.54, 1.807) is 12.1 Å². The molecule has 7 nitrogen and oxygen atoms in total. The second-order valence-corrected chi connectivity index (χ2v) is 9.62. The molecule has 1 saturated heterocycles. The van der Waals surface area contributed by atoms with Crippen LogP contribution in [-0.2, 0) is 20.8 Å². The Hall–Kier alpha value is -2.43. The molecule has 32 heavy (non-hydrogen) atoms. The lowest BCUT2D eigenvalue weighted by Gasteiger charge is -2.20. The summed E-state index contributed by atoms with van der Waals surface area (Å²) in [4.78, 5) is 42.2. The van der Waals surface area contributed by atoms with Gasteiger partial charge in [0.2, 0.25) is 5.91 Å². The van der Waals surface area contributed by atoms with Crippen molar-refractivity contribution in [3.63, 3.8) is 0 Å². The first-order chi connectivity index (χ1) is 15.4. The van der Waals surface area contributed by atoms with E-state index in [9.17, 15) is 19.6 Å². The van der Waals surface area contributed by atoms with Gasteiger partial charge < -0.3 is 10.6 Å². The number of hydrogen-bond donors (Lipinski definition) is 2. The van der Waals surface area contributed by atoms with E-state index in [1.807, 2.05) is 0 Å². The summed E-state index contributed by atoms with van der Waals surface area (Å²) in [5, 5.41) is 16.1. The van der Waals surface area contributed by atoms with Crippen molar-refractivity contribution >= 4 is 52.2 Å². The zero-order chi connectivity index (χ0) is 22.8. The van der Waals surface area contributed by atoms with Crippen molar-refractivity contribution in [1.29, 1.82) is 5.26 Å². The molecule has 3 unspecified atom stereocenters. The fourth-order valence-corrected chi connectivity index (χ4v) is 4.76. The Balaban J connectivity index is 1.41. The van der Waals surface area contributed by atoms with Gasteiger partial charge in [-0.3, -0.25) is 14.4 Å². The number of fused-ring (bicyclic) bond motifs is 1. The number of Topliss-reactive ketones (excluding diaryl/α,β-unsaturated/α-hetero) is 1. The molecule has 2 N–H and O–H groups in total. The smallest absolute Gasteiger partial charge is 0.266 e. The highest BCUT2D eigenvalue weighted by molar-refractivity contribution is 6.44. The van der Waals surface area contributed by atoms with Crippen molar-refractivity contribution in [2.45, 2.75) is 51.0 Å². The highest BCUT2D eigenvalue weighted by Crippen LogP contribution is 2.39. The number of amides is 2. The standard InChI is InChI=1S/C23H24Cl2N4O3/c24-16-3-4-17(25)21-15(16)10-19(28-21)23(32)29-18(8-12-1-2-12)20(30)9-13(11-26)7-14-5-6-27-22(14)31/h3-4,12-14,18H,1-2,5-10H2,(H,27,31)(H,29,32). The van der Waals surface area contributed by atoms with Crippen LogP contribution < -0.4 is 10.6 Å².